The molecule has 0 fully saturated rings. The van der Waals surface area contributed by atoms with Crippen LogP contribution in [0.2, 0.25) is 8.67 Å². The number of nitro groups is 1. The first-order chi connectivity index (χ1) is 11.9. The van der Waals surface area contributed by atoms with Crippen molar-refractivity contribution in [2.45, 2.75) is 0 Å². The van der Waals surface area contributed by atoms with E-state index in [1.54, 1.807) is 17.5 Å². The van der Waals surface area contributed by atoms with Crippen LogP contribution in [0.25, 0.3) is 17.3 Å². The first-order valence-electron chi connectivity index (χ1n) is 6.56. The van der Waals surface area contributed by atoms with Gasteiger partial charge in [-0.25, -0.2) is 4.98 Å². The quantitative estimate of drug-likeness (QED) is 0.314. The van der Waals surface area contributed by atoms with Gasteiger partial charge in [0.2, 0.25) is 5.91 Å². The first kappa shape index (κ1) is 18.0. The van der Waals surface area contributed by atoms with Gasteiger partial charge in [-0.05, 0) is 18.2 Å². The molecular formula is C14H7Cl2N3O3S3. The summed E-state index contributed by atoms with van der Waals surface area (Å²) in [4.78, 5) is 27.0. The number of hydrogen-bond acceptors (Lipinski definition) is 7. The highest BCUT2D eigenvalue weighted by molar-refractivity contribution is 7.20. The number of carbonyl (C=O) groups excluding carboxylic acids is 1. The molecule has 128 valence electrons. The predicted molar refractivity (Wildman–Crippen MR) is 104 cm³/mol. The van der Waals surface area contributed by atoms with Crippen molar-refractivity contribution in [1.29, 1.82) is 0 Å². The Kier molecular flexibility index (Phi) is 5.50. The van der Waals surface area contributed by atoms with Gasteiger partial charge in [-0.1, -0.05) is 34.5 Å². The summed E-state index contributed by atoms with van der Waals surface area (Å²) in [5.74, 6) is -0.383. The van der Waals surface area contributed by atoms with Crippen molar-refractivity contribution in [3.63, 3.8) is 0 Å². The SMILES string of the molecule is O=C(C=Cc1ccc([N+](=O)[O-])s1)Nc1nc(-c2cc(Cl)sc2Cl)cs1. The average molecular weight is 432 g/mol. The van der Waals surface area contributed by atoms with Gasteiger partial charge < -0.3 is 0 Å². The summed E-state index contributed by atoms with van der Waals surface area (Å²) in [5, 5.41) is 15.5. The van der Waals surface area contributed by atoms with E-state index in [0.29, 0.717) is 24.4 Å². The molecule has 0 saturated carbocycles. The maximum Gasteiger partial charge on any atom is 0.324 e. The normalized spacial score (nSPS) is 11.1. The number of halogens is 2. The van der Waals surface area contributed by atoms with Gasteiger partial charge in [0, 0.05) is 28.0 Å². The Hall–Kier alpha value is -1.78. The monoisotopic (exact) mass is 431 g/mol. The predicted octanol–water partition coefficient (Wildman–Crippen LogP) is 5.80. The molecule has 0 aliphatic rings. The third-order valence-electron chi connectivity index (χ3n) is 2.86. The zero-order chi connectivity index (χ0) is 18.0. The van der Waals surface area contributed by atoms with Crippen LogP contribution in [0, 0.1) is 10.1 Å². The van der Waals surface area contributed by atoms with Gasteiger partial charge in [0.15, 0.2) is 5.13 Å². The molecule has 1 N–H and O–H groups in total. The zero-order valence-electron chi connectivity index (χ0n) is 12.1. The van der Waals surface area contributed by atoms with Gasteiger partial charge >= 0.3 is 5.00 Å². The summed E-state index contributed by atoms with van der Waals surface area (Å²) in [6.45, 7) is 0. The van der Waals surface area contributed by atoms with Crippen LogP contribution in [0.1, 0.15) is 4.88 Å². The smallest absolute Gasteiger partial charge is 0.298 e. The summed E-state index contributed by atoms with van der Waals surface area (Å²) in [6.07, 6.45) is 2.81. The molecule has 0 aromatic carbocycles. The molecule has 3 rings (SSSR count). The second-order valence-electron chi connectivity index (χ2n) is 4.53. The number of amides is 1. The largest absolute Gasteiger partial charge is 0.324 e. The molecule has 0 radical (unpaired) electrons. The van der Waals surface area contributed by atoms with Crippen LogP contribution in [-0.4, -0.2) is 15.8 Å². The van der Waals surface area contributed by atoms with Crippen LogP contribution in [0.5, 0.6) is 0 Å². The molecule has 11 heteroatoms. The summed E-state index contributed by atoms with van der Waals surface area (Å²) in [7, 11) is 0. The van der Waals surface area contributed by atoms with Gasteiger partial charge in [-0.3, -0.25) is 20.2 Å². The average Bonchev–Trinajstić information content (AvgIpc) is 3.25. The third kappa shape index (κ3) is 4.44. The summed E-state index contributed by atoms with van der Waals surface area (Å²) in [6, 6.07) is 4.69. The van der Waals surface area contributed by atoms with Crippen LogP contribution < -0.4 is 5.32 Å². The van der Waals surface area contributed by atoms with Gasteiger partial charge in [-0.2, -0.15) is 0 Å². The Balaban J connectivity index is 1.66. The molecule has 0 aliphatic heterocycles. The Morgan fingerprint density at radius 2 is 2.12 bits per heavy atom. The Bertz CT molecular complexity index is 977. The number of hydrogen-bond donors (Lipinski definition) is 1. The number of anilines is 1. The maximum absolute atomic E-state index is 11.9. The molecule has 0 bridgehead atoms. The number of thiazole rings is 1. The Morgan fingerprint density at radius 1 is 1.32 bits per heavy atom. The Morgan fingerprint density at radius 3 is 2.76 bits per heavy atom. The zero-order valence-corrected chi connectivity index (χ0v) is 16.0. The van der Waals surface area contributed by atoms with E-state index in [4.69, 9.17) is 23.2 Å². The highest BCUT2D eigenvalue weighted by Gasteiger charge is 2.13. The fourth-order valence-electron chi connectivity index (χ4n) is 1.80. The minimum atomic E-state index is -0.471. The Labute approximate surface area is 163 Å². The van der Waals surface area contributed by atoms with Crippen LogP contribution in [0.4, 0.5) is 10.1 Å². The number of rotatable bonds is 5. The highest BCUT2D eigenvalue weighted by atomic mass is 35.5. The van der Waals surface area contributed by atoms with E-state index in [-0.39, 0.29) is 10.9 Å². The molecule has 0 aliphatic carbocycles. The second kappa shape index (κ2) is 7.63. The van der Waals surface area contributed by atoms with Crippen LogP contribution >= 0.6 is 57.2 Å². The number of nitrogens with zero attached hydrogens (tertiary/aromatic N) is 2. The fourth-order valence-corrected chi connectivity index (χ4v) is 4.72. The lowest BCUT2D eigenvalue weighted by Gasteiger charge is -1.95. The first-order valence-corrected chi connectivity index (χ1v) is 9.83. The molecule has 0 atom stereocenters. The van der Waals surface area contributed by atoms with Crippen LogP contribution in [0.15, 0.2) is 29.7 Å². The van der Waals surface area contributed by atoms with Crippen molar-refractivity contribution >= 4 is 79.3 Å². The molecule has 3 heterocycles. The number of nitrogens with one attached hydrogen (secondary N) is 1. The molecule has 3 aromatic rings. The molecule has 0 saturated heterocycles. The highest BCUT2D eigenvalue weighted by Crippen LogP contribution is 2.39. The number of aromatic nitrogens is 1. The van der Waals surface area contributed by atoms with Crippen molar-refractivity contribution in [3.8, 4) is 11.3 Å². The lowest BCUT2D eigenvalue weighted by atomic mass is 10.3. The third-order valence-corrected chi connectivity index (χ3v) is 6.11. The van der Waals surface area contributed by atoms with E-state index in [9.17, 15) is 14.9 Å². The van der Waals surface area contributed by atoms with Crippen molar-refractivity contribution < 1.29 is 9.72 Å². The molecule has 25 heavy (non-hydrogen) atoms. The van der Waals surface area contributed by atoms with Gasteiger partial charge in [0.05, 0.1) is 15.0 Å². The fraction of sp³-hybridized carbons (Fsp3) is 0. The van der Waals surface area contributed by atoms with Crippen molar-refractivity contribution in [2.75, 3.05) is 5.32 Å². The van der Waals surface area contributed by atoms with Crippen molar-refractivity contribution in [2.24, 2.45) is 0 Å². The van der Waals surface area contributed by atoms with E-state index >= 15 is 0 Å². The lowest BCUT2D eigenvalue weighted by Crippen LogP contribution is -2.07. The molecule has 0 spiro atoms. The standard InChI is InChI=1S/C14H7Cl2N3O3S3/c15-10-5-8(13(16)25-10)9-6-23-14(17-9)18-11(20)3-1-7-2-4-12(24-7)19(21)22/h1-6H,(H,17,18,20). The minimum Gasteiger partial charge on any atom is -0.298 e. The van der Waals surface area contributed by atoms with Crippen LogP contribution in [-0.2, 0) is 4.79 Å². The van der Waals surface area contributed by atoms with Crippen molar-refractivity contribution in [1.82, 2.24) is 4.98 Å². The molecule has 3 aromatic heterocycles. The van der Waals surface area contributed by atoms with Gasteiger partial charge in [0.1, 0.15) is 4.34 Å². The van der Waals surface area contributed by atoms with Crippen LogP contribution in [0.3, 0.4) is 0 Å². The second-order valence-corrected chi connectivity index (χ2v) is 8.77. The lowest BCUT2D eigenvalue weighted by molar-refractivity contribution is -0.380. The number of thiophene rings is 2. The number of carbonyl (C=O) groups is 1. The molecule has 1 amide bonds. The van der Waals surface area contributed by atoms with Crippen molar-refractivity contribution in [3.05, 3.63) is 53.3 Å². The van der Waals surface area contributed by atoms with E-state index in [1.165, 1.54) is 40.9 Å². The van der Waals surface area contributed by atoms with E-state index in [0.717, 1.165) is 16.9 Å². The molecule has 6 nitrogen and oxygen atoms in total. The summed E-state index contributed by atoms with van der Waals surface area (Å²) in [5.41, 5.74) is 1.35. The maximum atomic E-state index is 11.9. The summed E-state index contributed by atoms with van der Waals surface area (Å²) >= 11 is 15.5. The van der Waals surface area contributed by atoms with E-state index in [1.807, 2.05) is 0 Å². The summed E-state index contributed by atoms with van der Waals surface area (Å²) < 4.78 is 1.10. The van der Waals surface area contributed by atoms with E-state index < -0.39 is 4.92 Å². The minimum absolute atomic E-state index is 0.0240. The van der Waals surface area contributed by atoms with Gasteiger partial charge in [0.25, 0.3) is 0 Å². The van der Waals surface area contributed by atoms with E-state index in [2.05, 4.69) is 10.3 Å². The molecule has 0 unspecified atom stereocenters. The van der Waals surface area contributed by atoms with Gasteiger partial charge in [-0.15, -0.1) is 22.7 Å². The topological polar surface area (TPSA) is 85.1 Å². The molecular weight excluding hydrogens is 425 g/mol.